The molecule has 0 aromatic rings. The molecule has 0 radical (unpaired) electrons. The zero-order chi connectivity index (χ0) is 28.7. The maximum Gasteiger partial charge on any atom is 0.264 e. The second kappa shape index (κ2) is 29.2. The van der Waals surface area contributed by atoms with E-state index in [1.807, 2.05) is 0 Å². The highest BCUT2D eigenvalue weighted by molar-refractivity contribution is 7.85. The van der Waals surface area contributed by atoms with Crippen molar-refractivity contribution in [3.8, 4) is 0 Å². The van der Waals surface area contributed by atoms with Crippen LogP contribution in [0.15, 0.2) is 10.2 Å². The monoisotopic (exact) mass is 586 g/mol. The summed E-state index contributed by atoms with van der Waals surface area (Å²) < 4.78 is 70.6. The highest BCUT2D eigenvalue weighted by atomic mass is 32.2. The topological polar surface area (TPSA) is 215 Å². The maximum absolute atomic E-state index is 11.3. The van der Waals surface area contributed by atoms with E-state index >= 15 is 0 Å². The molecule has 0 N–H and O–H groups in total. The van der Waals surface area contributed by atoms with Crippen molar-refractivity contribution in [3.05, 3.63) is 20.9 Å². The molecular formula is C21H42N6O11S. The van der Waals surface area contributed by atoms with Gasteiger partial charge in [-0.25, -0.2) is 0 Å². The number of nitrogens with zero attached hydrogens (tertiary/aromatic N) is 6. The van der Waals surface area contributed by atoms with Gasteiger partial charge < -0.3 is 37.9 Å². The fraction of sp³-hybridized carbons (Fsp3) is 1.00. The van der Waals surface area contributed by atoms with Crippen LogP contribution in [-0.4, -0.2) is 140 Å². The normalized spacial score (nSPS) is 12.1. The quantitative estimate of drug-likeness (QED) is 0.0371. The predicted octanol–water partition coefficient (Wildman–Crippen LogP) is 1.33. The van der Waals surface area contributed by atoms with Crippen LogP contribution in [0.2, 0.25) is 0 Å². The smallest absolute Gasteiger partial charge is 0.264 e. The fourth-order valence-electron chi connectivity index (χ4n) is 2.48. The van der Waals surface area contributed by atoms with Crippen molar-refractivity contribution in [3.63, 3.8) is 0 Å². The molecule has 0 heterocycles. The van der Waals surface area contributed by atoms with E-state index in [-0.39, 0.29) is 25.7 Å². The molecule has 0 rings (SSSR count). The van der Waals surface area contributed by atoms with Crippen LogP contribution >= 0.6 is 0 Å². The van der Waals surface area contributed by atoms with E-state index in [1.54, 1.807) is 0 Å². The van der Waals surface area contributed by atoms with E-state index in [2.05, 4.69) is 20.1 Å². The van der Waals surface area contributed by atoms with E-state index in [4.69, 9.17) is 53.1 Å². The van der Waals surface area contributed by atoms with E-state index in [1.165, 1.54) is 0 Å². The minimum Gasteiger partial charge on any atom is -0.379 e. The first-order valence-corrected chi connectivity index (χ1v) is 14.3. The Morgan fingerprint density at radius 1 is 0.538 bits per heavy atom. The van der Waals surface area contributed by atoms with Crippen LogP contribution in [0.3, 0.4) is 0 Å². The van der Waals surface area contributed by atoms with Gasteiger partial charge in [0.2, 0.25) is 0 Å². The first-order chi connectivity index (χ1) is 19.0. The second-order valence-electron chi connectivity index (χ2n) is 7.59. The summed E-state index contributed by atoms with van der Waals surface area (Å²) in [7, 11) is -3.58. The van der Waals surface area contributed by atoms with Crippen LogP contribution in [0.1, 0.15) is 0 Å². The summed E-state index contributed by atoms with van der Waals surface area (Å²) in [6.07, 6.45) is 0.989. The molecule has 0 saturated carbocycles. The molecule has 18 heteroatoms. The Morgan fingerprint density at radius 2 is 0.846 bits per heavy atom. The molecule has 228 valence electrons. The van der Waals surface area contributed by atoms with E-state index in [0.717, 1.165) is 6.26 Å². The molecular weight excluding hydrogens is 544 g/mol. The van der Waals surface area contributed by atoms with Crippen LogP contribution in [0.5, 0.6) is 0 Å². The Morgan fingerprint density at radius 3 is 1.15 bits per heavy atom. The Labute approximate surface area is 229 Å². The lowest BCUT2D eigenvalue weighted by Crippen LogP contribution is -2.25. The predicted molar refractivity (Wildman–Crippen MR) is 139 cm³/mol. The number of ether oxygens (including phenoxy) is 8. The average Bonchev–Trinajstić information content (AvgIpc) is 2.91. The van der Waals surface area contributed by atoms with Crippen molar-refractivity contribution in [2.75, 3.05) is 132 Å². The molecule has 39 heavy (non-hydrogen) atoms. The van der Waals surface area contributed by atoms with Gasteiger partial charge in [-0.1, -0.05) is 10.2 Å². The molecule has 0 aliphatic heterocycles. The zero-order valence-corrected chi connectivity index (χ0v) is 23.4. The Kier molecular flexibility index (Phi) is 27.9. The number of hydrogen-bond acceptors (Lipinski definition) is 13. The standard InChI is InChI=1S/C21H42N6O11S/c1-39(28,29)38-20-21(18-36-16-14-34-12-10-32-8-6-30-4-2-24-26-22)19-37-17-15-35-13-11-33-9-7-31-5-3-25-27-23/h21H,2-20H2,1H3. The lowest BCUT2D eigenvalue weighted by molar-refractivity contribution is -0.0284. The Balaban J connectivity index is 3.73. The molecule has 0 spiro atoms. The molecule has 0 aromatic heterocycles. The molecule has 0 unspecified atom stereocenters. The third-order valence-corrected chi connectivity index (χ3v) is 4.82. The molecule has 0 saturated heterocycles. The van der Waals surface area contributed by atoms with Crippen molar-refractivity contribution in [2.45, 2.75) is 0 Å². The van der Waals surface area contributed by atoms with Gasteiger partial charge in [-0.15, -0.1) is 0 Å². The SMILES string of the molecule is CS(=O)(=O)OCC(COCCOCCOCCOCCN=[N+]=[N-])COCCOCCOCCOCCN=[N+]=[N-]. The largest absolute Gasteiger partial charge is 0.379 e. The number of hydrogen-bond donors (Lipinski definition) is 0. The van der Waals surface area contributed by atoms with Gasteiger partial charge in [0.15, 0.2) is 0 Å². The molecule has 0 aliphatic carbocycles. The minimum absolute atomic E-state index is 0.0574. The van der Waals surface area contributed by atoms with Crippen LogP contribution in [0.4, 0.5) is 0 Å². The third kappa shape index (κ3) is 32.3. The second-order valence-corrected chi connectivity index (χ2v) is 9.23. The number of azide groups is 2. The van der Waals surface area contributed by atoms with Gasteiger partial charge in [-0.05, 0) is 11.1 Å². The summed E-state index contributed by atoms with van der Waals surface area (Å²) in [5.41, 5.74) is 16.3. The molecule has 0 atom stereocenters. The Bertz CT molecular complexity index is 709. The van der Waals surface area contributed by atoms with Crippen molar-refractivity contribution in [1.82, 2.24) is 0 Å². The van der Waals surface area contributed by atoms with Gasteiger partial charge in [-0.2, -0.15) is 8.42 Å². The van der Waals surface area contributed by atoms with E-state index < -0.39 is 10.1 Å². The van der Waals surface area contributed by atoms with Gasteiger partial charge in [0.05, 0.1) is 119 Å². The first kappa shape index (κ1) is 37.2. The molecule has 0 bridgehead atoms. The molecule has 17 nitrogen and oxygen atoms in total. The van der Waals surface area contributed by atoms with Crippen molar-refractivity contribution >= 4 is 10.1 Å². The van der Waals surface area contributed by atoms with Gasteiger partial charge in [0.1, 0.15) is 0 Å². The summed E-state index contributed by atoms with van der Waals surface area (Å²) in [6.45, 7) is 6.28. The summed E-state index contributed by atoms with van der Waals surface area (Å²) in [5, 5.41) is 6.71. The lowest BCUT2D eigenvalue weighted by atomic mass is 10.2. The van der Waals surface area contributed by atoms with Gasteiger partial charge in [0.25, 0.3) is 10.1 Å². The Hall–Kier alpha value is -1.79. The zero-order valence-electron chi connectivity index (χ0n) is 22.6. The molecule has 0 fully saturated rings. The van der Waals surface area contributed by atoms with Crippen LogP contribution in [0, 0.1) is 5.92 Å². The van der Waals surface area contributed by atoms with Crippen LogP contribution < -0.4 is 0 Å². The lowest BCUT2D eigenvalue weighted by Gasteiger charge is -2.17. The average molecular weight is 587 g/mol. The molecule has 0 amide bonds. The summed E-state index contributed by atoms with van der Waals surface area (Å²) in [6, 6.07) is 0. The van der Waals surface area contributed by atoms with Crippen LogP contribution in [-0.2, 0) is 52.2 Å². The first-order valence-electron chi connectivity index (χ1n) is 12.5. The van der Waals surface area contributed by atoms with E-state index in [9.17, 15) is 8.42 Å². The van der Waals surface area contributed by atoms with Crippen molar-refractivity contribution < 1.29 is 50.5 Å². The van der Waals surface area contributed by atoms with Gasteiger partial charge in [0, 0.05) is 28.8 Å². The summed E-state index contributed by atoms with van der Waals surface area (Å²) in [4.78, 5) is 5.25. The van der Waals surface area contributed by atoms with Crippen molar-refractivity contribution in [1.29, 1.82) is 0 Å². The highest BCUT2D eigenvalue weighted by Gasteiger charge is 2.14. The third-order valence-electron chi connectivity index (χ3n) is 4.25. The van der Waals surface area contributed by atoms with Crippen LogP contribution in [0.25, 0.3) is 20.9 Å². The van der Waals surface area contributed by atoms with E-state index in [0.29, 0.717) is 106 Å². The fourth-order valence-corrected chi connectivity index (χ4v) is 2.92. The molecule has 0 aliphatic rings. The maximum atomic E-state index is 11.3. The number of rotatable bonds is 31. The summed E-state index contributed by atoms with van der Waals surface area (Å²) >= 11 is 0. The van der Waals surface area contributed by atoms with Gasteiger partial charge in [-0.3, -0.25) is 4.18 Å². The summed E-state index contributed by atoms with van der Waals surface area (Å²) in [5.74, 6) is -0.288. The highest BCUT2D eigenvalue weighted by Crippen LogP contribution is 2.03. The van der Waals surface area contributed by atoms with Gasteiger partial charge >= 0.3 is 0 Å². The molecule has 0 aromatic carbocycles. The van der Waals surface area contributed by atoms with Crippen molar-refractivity contribution in [2.24, 2.45) is 16.1 Å². The minimum atomic E-state index is -3.58.